The van der Waals surface area contributed by atoms with Gasteiger partial charge in [-0.3, -0.25) is 0 Å². The van der Waals surface area contributed by atoms with Crippen LogP contribution in [0.1, 0.15) is 19.3 Å². The van der Waals surface area contributed by atoms with E-state index in [2.05, 4.69) is 5.32 Å². The van der Waals surface area contributed by atoms with Gasteiger partial charge in [0.05, 0.1) is 13.2 Å². The van der Waals surface area contributed by atoms with Gasteiger partial charge in [0.25, 0.3) is 0 Å². The van der Waals surface area contributed by atoms with Gasteiger partial charge in [0, 0.05) is 12.5 Å². The number of nitrogens with one attached hydrogen (secondary N) is 1. The second kappa shape index (κ2) is 4.21. The molecule has 70 valence electrons. The minimum absolute atomic E-state index is 0.0755. The summed E-state index contributed by atoms with van der Waals surface area (Å²) in [6, 6.07) is 0. The van der Waals surface area contributed by atoms with Gasteiger partial charge in [0.2, 0.25) is 0 Å². The van der Waals surface area contributed by atoms with Crippen molar-refractivity contribution >= 4 is 0 Å². The molecule has 0 aliphatic carbocycles. The van der Waals surface area contributed by atoms with Gasteiger partial charge < -0.3 is 14.8 Å². The molecule has 0 aromatic carbocycles. The number of rotatable bonds is 1. The zero-order valence-corrected chi connectivity index (χ0v) is 7.42. The molecule has 3 nitrogen and oxygen atoms in total. The lowest BCUT2D eigenvalue weighted by atomic mass is 9.99. The van der Waals surface area contributed by atoms with Crippen LogP contribution in [0, 0.1) is 5.92 Å². The first-order valence-electron chi connectivity index (χ1n) is 4.91. The van der Waals surface area contributed by atoms with Crippen molar-refractivity contribution < 1.29 is 9.47 Å². The van der Waals surface area contributed by atoms with E-state index < -0.39 is 0 Å². The molecule has 0 amide bonds. The third-order valence-corrected chi connectivity index (χ3v) is 2.57. The number of hydrogen-bond acceptors (Lipinski definition) is 3. The second-order valence-electron chi connectivity index (χ2n) is 3.57. The highest BCUT2D eigenvalue weighted by atomic mass is 16.7. The molecule has 0 radical (unpaired) electrons. The van der Waals surface area contributed by atoms with Crippen LogP contribution in [0.4, 0.5) is 0 Å². The van der Waals surface area contributed by atoms with Gasteiger partial charge in [-0.05, 0) is 25.8 Å². The first-order chi connectivity index (χ1) is 5.97. The largest absolute Gasteiger partial charge is 0.352 e. The van der Waals surface area contributed by atoms with E-state index in [9.17, 15) is 0 Å². The van der Waals surface area contributed by atoms with Crippen molar-refractivity contribution in [3.8, 4) is 0 Å². The fourth-order valence-electron chi connectivity index (χ4n) is 1.89. The van der Waals surface area contributed by atoms with Gasteiger partial charge in [-0.25, -0.2) is 0 Å². The van der Waals surface area contributed by atoms with Crippen LogP contribution < -0.4 is 5.32 Å². The Labute approximate surface area is 73.4 Å². The highest BCUT2D eigenvalue weighted by molar-refractivity contribution is 4.73. The van der Waals surface area contributed by atoms with Gasteiger partial charge in [0.1, 0.15) is 0 Å². The van der Waals surface area contributed by atoms with Crippen LogP contribution in [0.2, 0.25) is 0 Å². The van der Waals surface area contributed by atoms with E-state index in [1.807, 2.05) is 0 Å². The van der Waals surface area contributed by atoms with Crippen LogP contribution in [0.25, 0.3) is 0 Å². The quantitative estimate of drug-likeness (QED) is 0.631. The molecule has 1 atom stereocenters. The molecule has 2 rings (SSSR count). The van der Waals surface area contributed by atoms with Crippen LogP contribution >= 0.6 is 0 Å². The molecule has 0 aromatic rings. The van der Waals surface area contributed by atoms with E-state index in [0.29, 0.717) is 5.92 Å². The number of hydrogen-bond donors (Lipinski definition) is 1. The normalized spacial score (nSPS) is 33.5. The summed E-state index contributed by atoms with van der Waals surface area (Å²) in [7, 11) is 0. The Morgan fingerprint density at radius 1 is 1.08 bits per heavy atom. The van der Waals surface area contributed by atoms with Crippen molar-refractivity contribution in [1.29, 1.82) is 0 Å². The summed E-state index contributed by atoms with van der Waals surface area (Å²) < 4.78 is 11.1. The van der Waals surface area contributed by atoms with Crippen LogP contribution in [-0.4, -0.2) is 32.6 Å². The van der Waals surface area contributed by atoms with Crippen LogP contribution in [0.3, 0.4) is 0 Å². The van der Waals surface area contributed by atoms with Crippen LogP contribution in [-0.2, 0) is 9.47 Å². The first kappa shape index (κ1) is 8.48. The molecule has 0 spiro atoms. The molecule has 1 unspecified atom stereocenters. The second-order valence-corrected chi connectivity index (χ2v) is 3.57. The Morgan fingerprint density at radius 3 is 2.58 bits per heavy atom. The average Bonchev–Trinajstić information content (AvgIpc) is 2.21. The zero-order chi connectivity index (χ0) is 8.23. The highest BCUT2D eigenvalue weighted by Gasteiger charge is 2.26. The number of ether oxygens (including phenoxy) is 2. The molecule has 2 heterocycles. The smallest absolute Gasteiger partial charge is 0.161 e. The van der Waals surface area contributed by atoms with E-state index >= 15 is 0 Å². The fourth-order valence-corrected chi connectivity index (χ4v) is 1.89. The minimum atomic E-state index is 0.0755. The van der Waals surface area contributed by atoms with Crippen molar-refractivity contribution in [2.24, 2.45) is 5.92 Å². The van der Waals surface area contributed by atoms with Gasteiger partial charge >= 0.3 is 0 Å². The molecule has 0 saturated carbocycles. The van der Waals surface area contributed by atoms with Crippen molar-refractivity contribution in [3.63, 3.8) is 0 Å². The van der Waals surface area contributed by atoms with Crippen LogP contribution in [0.5, 0.6) is 0 Å². The maximum atomic E-state index is 5.56. The molecule has 0 aromatic heterocycles. The van der Waals surface area contributed by atoms with Crippen molar-refractivity contribution in [2.45, 2.75) is 25.6 Å². The van der Waals surface area contributed by atoms with Crippen molar-refractivity contribution in [3.05, 3.63) is 0 Å². The molecule has 12 heavy (non-hydrogen) atoms. The standard InChI is InChI=1S/C9H17NO2/c1-3-8(7-10-4-1)9-11-5-2-6-12-9/h8-10H,1-7H2. The van der Waals surface area contributed by atoms with E-state index in [0.717, 1.165) is 32.7 Å². The lowest BCUT2D eigenvalue weighted by Gasteiger charge is -2.32. The van der Waals surface area contributed by atoms with Gasteiger partial charge in [-0.1, -0.05) is 0 Å². The van der Waals surface area contributed by atoms with E-state index in [1.54, 1.807) is 0 Å². The summed E-state index contributed by atoms with van der Waals surface area (Å²) in [5, 5.41) is 3.37. The van der Waals surface area contributed by atoms with Gasteiger partial charge in [0.15, 0.2) is 6.29 Å². The van der Waals surface area contributed by atoms with E-state index in [1.165, 1.54) is 12.8 Å². The molecule has 2 aliphatic rings. The molecule has 2 aliphatic heterocycles. The molecule has 2 fully saturated rings. The Bertz CT molecular complexity index is 112. The fraction of sp³-hybridized carbons (Fsp3) is 1.00. The maximum Gasteiger partial charge on any atom is 0.161 e. The molecular weight excluding hydrogens is 154 g/mol. The van der Waals surface area contributed by atoms with Gasteiger partial charge in [-0.15, -0.1) is 0 Å². The molecule has 0 bridgehead atoms. The Balaban J connectivity index is 1.80. The summed E-state index contributed by atoms with van der Waals surface area (Å²) in [6.07, 6.45) is 3.63. The van der Waals surface area contributed by atoms with E-state index in [4.69, 9.17) is 9.47 Å². The Hall–Kier alpha value is -0.120. The van der Waals surface area contributed by atoms with E-state index in [-0.39, 0.29) is 6.29 Å². The van der Waals surface area contributed by atoms with Crippen molar-refractivity contribution in [1.82, 2.24) is 5.32 Å². The average molecular weight is 171 g/mol. The molecular formula is C9H17NO2. The lowest BCUT2D eigenvalue weighted by Crippen LogP contribution is -2.41. The summed E-state index contributed by atoms with van der Waals surface area (Å²) in [5.41, 5.74) is 0. The summed E-state index contributed by atoms with van der Waals surface area (Å²) in [4.78, 5) is 0. The van der Waals surface area contributed by atoms with Crippen LogP contribution in [0.15, 0.2) is 0 Å². The zero-order valence-electron chi connectivity index (χ0n) is 7.42. The Kier molecular flexibility index (Phi) is 2.98. The Morgan fingerprint density at radius 2 is 1.92 bits per heavy atom. The SMILES string of the molecule is C1COC(C2CCCNC2)OC1. The predicted octanol–water partition coefficient (Wildman–Crippen LogP) is 0.749. The monoisotopic (exact) mass is 171 g/mol. The highest BCUT2D eigenvalue weighted by Crippen LogP contribution is 2.20. The summed E-state index contributed by atoms with van der Waals surface area (Å²) in [6.45, 7) is 3.97. The topological polar surface area (TPSA) is 30.5 Å². The predicted molar refractivity (Wildman–Crippen MR) is 45.9 cm³/mol. The van der Waals surface area contributed by atoms with Crippen molar-refractivity contribution in [2.75, 3.05) is 26.3 Å². The third kappa shape index (κ3) is 1.97. The molecule has 3 heteroatoms. The third-order valence-electron chi connectivity index (χ3n) is 2.57. The summed E-state index contributed by atoms with van der Waals surface area (Å²) in [5.74, 6) is 0.582. The minimum Gasteiger partial charge on any atom is -0.352 e. The molecule has 2 saturated heterocycles. The molecule has 1 N–H and O–H groups in total. The maximum absolute atomic E-state index is 5.56. The first-order valence-corrected chi connectivity index (χ1v) is 4.91. The van der Waals surface area contributed by atoms with Gasteiger partial charge in [-0.2, -0.15) is 0 Å². The number of piperidine rings is 1. The lowest BCUT2D eigenvalue weighted by molar-refractivity contribution is -0.206. The summed E-state index contributed by atoms with van der Waals surface area (Å²) >= 11 is 0.